The lowest BCUT2D eigenvalue weighted by atomic mass is 10.3. The minimum Gasteiger partial charge on any atom is -0.492 e. The minimum atomic E-state index is -0.928. The molecule has 0 spiro atoms. The van der Waals surface area contributed by atoms with Gasteiger partial charge in [-0.05, 0) is 18.4 Å². The number of nitrogens with one attached hydrogen (secondary N) is 1. The Morgan fingerprint density at radius 2 is 2.13 bits per heavy atom. The van der Waals surface area contributed by atoms with Crippen LogP contribution in [-0.2, 0) is 0 Å². The zero-order valence-electron chi connectivity index (χ0n) is 12.0. The molecule has 0 atom stereocenters. The number of hydrogen-bond donors (Lipinski definition) is 1. The predicted octanol–water partition coefficient (Wildman–Crippen LogP) is 3.58. The maximum Gasteiger partial charge on any atom is 0.176 e. The Kier molecular flexibility index (Phi) is 4.87. The topological polar surface area (TPSA) is 59.9 Å². The molecule has 0 amide bonds. The number of halogens is 2. The lowest BCUT2D eigenvalue weighted by Crippen LogP contribution is -2.12. The highest BCUT2D eigenvalue weighted by Gasteiger charge is 2.09. The van der Waals surface area contributed by atoms with Crippen LogP contribution in [0.2, 0.25) is 0 Å². The molecule has 0 fully saturated rings. The molecular weight excluding hydrogens is 342 g/mol. The fourth-order valence-corrected chi connectivity index (χ4v) is 3.33. The molecule has 120 valence electrons. The lowest BCUT2D eigenvalue weighted by molar-refractivity contribution is 0.329. The molecule has 0 saturated carbocycles. The molecule has 5 nitrogen and oxygen atoms in total. The van der Waals surface area contributed by atoms with E-state index in [1.54, 1.807) is 11.8 Å². The molecule has 1 aromatic carbocycles. The van der Waals surface area contributed by atoms with Gasteiger partial charge in [-0.3, -0.25) is 0 Å². The number of rotatable bonds is 6. The van der Waals surface area contributed by atoms with Gasteiger partial charge in [0.1, 0.15) is 29.2 Å². The van der Waals surface area contributed by atoms with Gasteiger partial charge >= 0.3 is 0 Å². The molecule has 2 heterocycles. The number of aromatic nitrogens is 3. The molecule has 0 aliphatic carbocycles. The molecule has 3 rings (SSSR count). The van der Waals surface area contributed by atoms with Crippen LogP contribution >= 0.6 is 23.1 Å². The van der Waals surface area contributed by atoms with Crippen molar-refractivity contribution >= 4 is 39.3 Å². The van der Waals surface area contributed by atoms with Gasteiger partial charge in [-0.2, -0.15) is 0 Å². The van der Waals surface area contributed by atoms with E-state index in [2.05, 4.69) is 20.3 Å². The summed E-state index contributed by atoms with van der Waals surface area (Å²) >= 11 is 3.07. The number of benzene rings is 1. The van der Waals surface area contributed by atoms with Crippen LogP contribution in [0.25, 0.3) is 10.3 Å². The van der Waals surface area contributed by atoms with Gasteiger partial charge in [-0.25, -0.2) is 23.7 Å². The average molecular weight is 354 g/mol. The van der Waals surface area contributed by atoms with Crippen LogP contribution in [0.15, 0.2) is 28.9 Å². The summed E-state index contributed by atoms with van der Waals surface area (Å²) in [6.07, 6.45) is 3.40. The average Bonchev–Trinajstić information content (AvgIpc) is 2.99. The van der Waals surface area contributed by atoms with Crippen molar-refractivity contribution in [2.24, 2.45) is 0 Å². The number of thiazole rings is 1. The van der Waals surface area contributed by atoms with Crippen LogP contribution in [0.1, 0.15) is 0 Å². The standard InChI is InChI=1S/C14H12F2N4OS2/c1-22-14-20-13-11(23-14)12(18-7-19-13)17-4-5-21-8-2-3-9(15)10(16)6-8/h2-3,6-7H,4-5H2,1H3,(H,17,18,19). The normalized spacial score (nSPS) is 10.9. The van der Waals surface area contributed by atoms with Crippen LogP contribution in [0, 0.1) is 11.6 Å². The van der Waals surface area contributed by atoms with Crippen molar-refractivity contribution in [1.82, 2.24) is 15.0 Å². The third kappa shape index (κ3) is 3.67. The lowest BCUT2D eigenvalue weighted by Gasteiger charge is -2.08. The van der Waals surface area contributed by atoms with Crippen molar-refractivity contribution in [3.8, 4) is 5.75 Å². The Morgan fingerprint density at radius 3 is 2.91 bits per heavy atom. The first-order valence-electron chi connectivity index (χ1n) is 6.64. The molecule has 9 heteroatoms. The van der Waals surface area contributed by atoms with Crippen molar-refractivity contribution < 1.29 is 13.5 Å². The summed E-state index contributed by atoms with van der Waals surface area (Å²) in [5.74, 6) is -0.862. The summed E-state index contributed by atoms with van der Waals surface area (Å²) in [6, 6.07) is 3.44. The van der Waals surface area contributed by atoms with E-state index >= 15 is 0 Å². The summed E-state index contributed by atoms with van der Waals surface area (Å²) in [7, 11) is 0. The molecule has 0 aliphatic heterocycles. The van der Waals surface area contributed by atoms with Crippen LogP contribution in [-0.4, -0.2) is 34.4 Å². The summed E-state index contributed by atoms with van der Waals surface area (Å²) in [6.45, 7) is 0.738. The second kappa shape index (κ2) is 7.05. The van der Waals surface area contributed by atoms with E-state index in [1.165, 1.54) is 23.7 Å². The molecule has 0 bridgehead atoms. The fraction of sp³-hybridized carbons (Fsp3) is 0.214. The molecule has 0 aliphatic rings. The second-order valence-electron chi connectivity index (χ2n) is 4.41. The van der Waals surface area contributed by atoms with E-state index in [0.717, 1.165) is 21.2 Å². The molecule has 0 unspecified atom stereocenters. The smallest absolute Gasteiger partial charge is 0.176 e. The molecule has 1 N–H and O–H groups in total. The first-order valence-corrected chi connectivity index (χ1v) is 8.69. The number of ether oxygens (including phenoxy) is 1. The Balaban J connectivity index is 1.60. The predicted molar refractivity (Wildman–Crippen MR) is 87.3 cm³/mol. The Bertz CT molecular complexity index is 828. The van der Waals surface area contributed by atoms with Crippen LogP contribution < -0.4 is 10.1 Å². The Hall–Kier alpha value is -2.00. The van der Waals surface area contributed by atoms with Gasteiger partial charge in [-0.1, -0.05) is 11.8 Å². The minimum absolute atomic E-state index is 0.279. The first kappa shape index (κ1) is 15.9. The van der Waals surface area contributed by atoms with Gasteiger partial charge in [0.15, 0.2) is 21.6 Å². The van der Waals surface area contributed by atoms with Crippen molar-refractivity contribution in [3.05, 3.63) is 36.2 Å². The van der Waals surface area contributed by atoms with Crippen molar-refractivity contribution in [3.63, 3.8) is 0 Å². The molecule has 0 radical (unpaired) electrons. The van der Waals surface area contributed by atoms with E-state index in [4.69, 9.17) is 4.74 Å². The van der Waals surface area contributed by atoms with Crippen molar-refractivity contribution in [2.45, 2.75) is 4.34 Å². The second-order valence-corrected chi connectivity index (χ2v) is 6.46. The van der Waals surface area contributed by atoms with Crippen molar-refractivity contribution in [2.75, 3.05) is 24.7 Å². The number of anilines is 1. The summed E-state index contributed by atoms with van der Waals surface area (Å²) in [4.78, 5) is 12.7. The van der Waals surface area contributed by atoms with Gasteiger partial charge in [0.25, 0.3) is 0 Å². The molecular formula is C14H12F2N4OS2. The molecule has 2 aromatic heterocycles. The van der Waals surface area contributed by atoms with Crippen LogP contribution in [0.4, 0.5) is 14.6 Å². The third-order valence-electron chi connectivity index (χ3n) is 2.90. The highest BCUT2D eigenvalue weighted by Crippen LogP contribution is 2.30. The number of thioether (sulfide) groups is 1. The van der Waals surface area contributed by atoms with E-state index < -0.39 is 11.6 Å². The zero-order chi connectivity index (χ0) is 16.2. The molecule has 3 aromatic rings. The SMILES string of the molecule is CSc1nc2ncnc(NCCOc3ccc(F)c(F)c3)c2s1. The summed E-state index contributed by atoms with van der Waals surface area (Å²) < 4.78 is 33.1. The Morgan fingerprint density at radius 1 is 1.26 bits per heavy atom. The number of nitrogens with zero attached hydrogens (tertiary/aromatic N) is 3. The maximum atomic E-state index is 13.1. The third-order valence-corrected chi connectivity index (χ3v) is 4.94. The van der Waals surface area contributed by atoms with E-state index in [1.807, 2.05) is 6.26 Å². The maximum absolute atomic E-state index is 13.1. The van der Waals surface area contributed by atoms with E-state index in [0.29, 0.717) is 18.0 Å². The first-order chi connectivity index (χ1) is 11.2. The van der Waals surface area contributed by atoms with Gasteiger partial charge in [0.05, 0.1) is 6.54 Å². The highest BCUT2D eigenvalue weighted by atomic mass is 32.2. The number of hydrogen-bond acceptors (Lipinski definition) is 7. The number of fused-ring (bicyclic) bond motifs is 1. The van der Waals surface area contributed by atoms with Crippen molar-refractivity contribution in [1.29, 1.82) is 0 Å². The van der Waals surface area contributed by atoms with Gasteiger partial charge < -0.3 is 10.1 Å². The molecule has 23 heavy (non-hydrogen) atoms. The summed E-state index contributed by atoms with van der Waals surface area (Å²) in [5, 5.41) is 3.14. The van der Waals surface area contributed by atoms with Gasteiger partial charge in [-0.15, -0.1) is 11.3 Å². The quantitative estimate of drug-likeness (QED) is 0.539. The fourth-order valence-electron chi connectivity index (χ4n) is 1.85. The van der Waals surface area contributed by atoms with Gasteiger partial charge in [0.2, 0.25) is 0 Å². The highest BCUT2D eigenvalue weighted by molar-refractivity contribution is 8.00. The summed E-state index contributed by atoms with van der Waals surface area (Å²) in [5.41, 5.74) is 0.651. The van der Waals surface area contributed by atoms with E-state index in [9.17, 15) is 8.78 Å². The van der Waals surface area contributed by atoms with Gasteiger partial charge in [0, 0.05) is 6.07 Å². The molecule has 0 saturated heterocycles. The van der Waals surface area contributed by atoms with Crippen LogP contribution in [0.3, 0.4) is 0 Å². The Labute approximate surface area is 139 Å². The van der Waals surface area contributed by atoms with Crippen LogP contribution in [0.5, 0.6) is 5.75 Å². The van der Waals surface area contributed by atoms with E-state index in [-0.39, 0.29) is 12.4 Å². The monoisotopic (exact) mass is 354 g/mol. The largest absolute Gasteiger partial charge is 0.492 e. The zero-order valence-corrected chi connectivity index (χ0v) is 13.7.